The summed E-state index contributed by atoms with van der Waals surface area (Å²) >= 11 is 0. The number of aliphatic hydroxyl groups is 1. The lowest BCUT2D eigenvalue weighted by Gasteiger charge is -2.25. The van der Waals surface area contributed by atoms with E-state index in [0.717, 1.165) is 0 Å². The van der Waals surface area contributed by atoms with E-state index < -0.39 is 11.5 Å². The van der Waals surface area contributed by atoms with Gasteiger partial charge in [0.05, 0.1) is 6.07 Å². The third-order valence-corrected chi connectivity index (χ3v) is 1.79. The highest BCUT2D eigenvalue weighted by Crippen LogP contribution is 2.08. The number of hydrogen-bond acceptors (Lipinski definition) is 3. The van der Waals surface area contributed by atoms with Gasteiger partial charge in [-0.1, -0.05) is 0 Å². The molecule has 0 aromatic heterocycles. The van der Waals surface area contributed by atoms with Crippen LogP contribution in [0.25, 0.3) is 0 Å². The van der Waals surface area contributed by atoms with E-state index in [2.05, 4.69) is 5.32 Å². The molecule has 4 nitrogen and oxygen atoms in total. The van der Waals surface area contributed by atoms with Crippen LogP contribution in [0.2, 0.25) is 0 Å². The molecule has 13 heavy (non-hydrogen) atoms. The Bertz CT molecular complexity index is 218. The third kappa shape index (κ3) is 4.48. The van der Waals surface area contributed by atoms with E-state index in [1.165, 1.54) is 0 Å². The van der Waals surface area contributed by atoms with Crippen molar-refractivity contribution in [3.05, 3.63) is 0 Å². The summed E-state index contributed by atoms with van der Waals surface area (Å²) in [5.41, 5.74) is -0.447. The van der Waals surface area contributed by atoms with E-state index in [1.54, 1.807) is 6.92 Å². The minimum Gasteiger partial charge on any atom is -0.396 e. The molecular formula is C9H16N2O2. The molecule has 0 heterocycles. The minimum absolute atomic E-state index is 0.0220. The zero-order chi connectivity index (χ0) is 10.5. The Morgan fingerprint density at radius 3 is 2.62 bits per heavy atom. The SMILES string of the molecule is CC(C#N)C(=O)NC(C)(C)CCO. The molecule has 0 aliphatic heterocycles. The Balaban J connectivity index is 4.13. The summed E-state index contributed by atoms with van der Waals surface area (Å²) in [6.45, 7) is 5.19. The van der Waals surface area contributed by atoms with Crippen LogP contribution in [0.1, 0.15) is 27.2 Å². The van der Waals surface area contributed by atoms with Gasteiger partial charge in [0, 0.05) is 12.1 Å². The molecule has 0 rings (SSSR count). The Morgan fingerprint density at radius 1 is 1.69 bits per heavy atom. The highest BCUT2D eigenvalue weighted by atomic mass is 16.3. The van der Waals surface area contributed by atoms with Crippen LogP contribution in [0.5, 0.6) is 0 Å². The van der Waals surface area contributed by atoms with Gasteiger partial charge in [-0.25, -0.2) is 0 Å². The number of nitrogens with one attached hydrogen (secondary N) is 1. The summed E-state index contributed by atoms with van der Waals surface area (Å²) in [7, 11) is 0. The molecule has 0 fully saturated rings. The molecule has 0 radical (unpaired) electrons. The van der Waals surface area contributed by atoms with Gasteiger partial charge < -0.3 is 10.4 Å². The Hall–Kier alpha value is -1.08. The summed E-state index contributed by atoms with van der Waals surface area (Å²) in [6, 6.07) is 1.85. The Morgan fingerprint density at radius 2 is 2.23 bits per heavy atom. The molecule has 0 spiro atoms. The van der Waals surface area contributed by atoms with Crippen LogP contribution >= 0.6 is 0 Å². The van der Waals surface area contributed by atoms with E-state index in [9.17, 15) is 4.79 Å². The molecule has 0 aliphatic carbocycles. The minimum atomic E-state index is -0.641. The molecule has 0 bridgehead atoms. The van der Waals surface area contributed by atoms with Crippen LogP contribution in [0.4, 0.5) is 0 Å². The first-order chi connectivity index (χ1) is 5.93. The zero-order valence-corrected chi connectivity index (χ0v) is 8.29. The van der Waals surface area contributed by atoms with Crippen molar-refractivity contribution >= 4 is 5.91 Å². The summed E-state index contributed by atoms with van der Waals surface area (Å²) in [4.78, 5) is 11.2. The molecule has 0 aromatic carbocycles. The topological polar surface area (TPSA) is 73.1 Å². The van der Waals surface area contributed by atoms with Gasteiger partial charge in [0.15, 0.2) is 0 Å². The number of carbonyl (C=O) groups excluding carboxylic acids is 1. The van der Waals surface area contributed by atoms with Crippen molar-refractivity contribution in [3.8, 4) is 6.07 Å². The lowest BCUT2D eigenvalue weighted by molar-refractivity contribution is -0.124. The third-order valence-electron chi connectivity index (χ3n) is 1.79. The maximum absolute atomic E-state index is 11.2. The summed E-state index contributed by atoms with van der Waals surface area (Å²) in [5, 5.41) is 19.9. The first kappa shape index (κ1) is 11.9. The molecule has 0 saturated heterocycles. The first-order valence-electron chi connectivity index (χ1n) is 4.25. The van der Waals surface area contributed by atoms with Crippen molar-refractivity contribution in [2.24, 2.45) is 5.92 Å². The molecule has 0 aromatic rings. The maximum Gasteiger partial charge on any atom is 0.237 e. The second-order valence-corrected chi connectivity index (χ2v) is 3.70. The Labute approximate surface area is 78.6 Å². The van der Waals surface area contributed by atoms with E-state index in [4.69, 9.17) is 10.4 Å². The second-order valence-electron chi connectivity index (χ2n) is 3.70. The largest absolute Gasteiger partial charge is 0.396 e. The quantitative estimate of drug-likeness (QED) is 0.665. The van der Waals surface area contributed by atoms with Gasteiger partial charge in [-0.2, -0.15) is 5.26 Å². The number of nitrogens with zero attached hydrogens (tertiary/aromatic N) is 1. The van der Waals surface area contributed by atoms with E-state index in [1.807, 2.05) is 19.9 Å². The first-order valence-corrected chi connectivity index (χ1v) is 4.25. The summed E-state index contributed by atoms with van der Waals surface area (Å²) < 4.78 is 0. The van der Waals surface area contributed by atoms with Crippen LogP contribution < -0.4 is 5.32 Å². The monoisotopic (exact) mass is 184 g/mol. The van der Waals surface area contributed by atoms with E-state index in [0.29, 0.717) is 6.42 Å². The van der Waals surface area contributed by atoms with Gasteiger partial charge in [0.2, 0.25) is 5.91 Å². The fourth-order valence-electron chi connectivity index (χ4n) is 0.842. The fourth-order valence-corrected chi connectivity index (χ4v) is 0.842. The molecule has 74 valence electrons. The normalized spacial score (nSPS) is 13.2. The highest BCUT2D eigenvalue weighted by Gasteiger charge is 2.22. The zero-order valence-electron chi connectivity index (χ0n) is 8.29. The molecule has 1 atom stereocenters. The van der Waals surface area contributed by atoms with Crippen molar-refractivity contribution in [3.63, 3.8) is 0 Å². The predicted octanol–water partition coefficient (Wildman–Crippen LogP) is 0.423. The summed E-state index contributed by atoms with van der Waals surface area (Å²) in [5.74, 6) is -0.932. The number of nitriles is 1. The van der Waals surface area contributed by atoms with Crippen molar-refractivity contribution in [2.75, 3.05) is 6.61 Å². The van der Waals surface area contributed by atoms with Gasteiger partial charge in [-0.15, -0.1) is 0 Å². The molecular weight excluding hydrogens is 168 g/mol. The maximum atomic E-state index is 11.2. The van der Waals surface area contributed by atoms with Gasteiger partial charge in [0.25, 0.3) is 0 Å². The van der Waals surface area contributed by atoms with Gasteiger partial charge in [-0.3, -0.25) is 4.79 Å². The molecule has 0 aliphatic rings. The number of carbonyl (C=O) groups is 1. The number of amides is 1. The second kappa shape index (κ2) is 4.83. The number of aliphatic hydroxyl groups excluding tert-OH is 1. The summed E-state index contributed by atoms with van der Waals surface area (Å²) in [6.07, 6.45) is 0.483. The van der Waals surface area contributed by atoms with Crippen molar-refractivity contribution < 1.29 is 9.90 Å². The number of hydrogen-bond donors (Lipinski definition) is 2. The van der Waals surface area contributed by atoms with Crippen LogP contribution in [0, 0.1) is 17.2 Å². The van der Waals surface area contributed by atoms with Gasteiger partial charge in [0.1, 0.15) is 5.92 Å². The average Bonchev–Trinajstić information content (AvgIpc) is 2.01. The van der Waals surface area contributed by atoms with Gasteiger partial charge in [-0.05, 0) is 27.2 Å². The highest BCUT2D eigenvalue weighted by molar-refractivity contribution is 5.81. The average molecular weight is 184 g/mol. The smallest absolute Gasteiger partial charge is 0.237 e. The van der Waals surface area contributed by atoms with E-state index in [-0.39, 0.29) is 12.5 Å². The molecule has 4 heteroatoms. The number of rotatable bonds is 4. The Kier molecular flexibility index (Phi) is 4.43. The molecule has 0 saturated carbocycles. The van der Waals surface area contributed by atoms with Crippen LogP contribution in [0.15, 0.2) is 0 Å². The molecule has 2 N–H and O–H groups in total. The van der Waals surface area contributed by atoms with Crippen molar-refractivity contribution in [1.82, 2.24) is 5.32 Å². The predicted molar refractivity (Wildman–Crippen MR) is 48.7 cm³/mol. The standard InChI is InChI=1S/C9H16N2O2/c1-7(6-10)8(13)11-9(2,3)4-5-12/h7,12H,4-5H2,1-3H3,(H,11,13). The van der Waals surface area contributed by atoms with Crippen LogP contribution in [0.3, 0.4) is 0 Å². The van der Waals surface area contributed by atoms with Gasteiger partial charge >= 0.3 is 0 Å². The lowest BCUT2D eigenvalue weighted by atomic mass is 10.00. The van der Waals surface area contributed by atoms with E-state index >= 15 is 0 Å². The van der Waals surface area contributed by atoms with Crippen LogP contribution in [-0.2, 0) is 4.79 Å². The fraction of sp³-hybridized carbons (Fsp3) is 0.778. The molecule has 1 unspecified atom stereocenters. The van der Waals surface area contributed by atoms with Crippen molar-refractivity contribution in [1.29, 1.82) is 5.26 Å². The van der Waals surface area contributed by atoms with Crippen molar-refractivity contribution in [2.45, 2.75) is 32.7 Å². The van der Waals surface area contributed by atoms with Crippen LogP contribution in [-0.4, -0.2) is 23.2 Å². The molecule has 1 amide bonds. The lowest BCUT2D eigenvalue weighted by Crippen LogP contribution is -2.46.